The number of piperazine rings is 1. The molecule has 33 heavy (non-hydrogen) atoms. The van der Waals surface area contributed by atoms with Gasteiger partial charge >= 0.3 is 0 Å². The molecule has 1 amide bonds. The van der Waals surface area contributed by atoms with Gasteiger partial charge in [0.1, 0.15) is 0 Å². The number of nitrogens with zero attached hydrogens (tertiary/aromatic N) is 3. The fraction of sp³-hybridized carbons (Fsp3) is 0.720. The summed E-state index contributed by atoms with van der Waals surface area (Å²) >= 11 is 0. The van der Waals surface area contributed by atoms with Gasteiger partial charge < -0.3 is 23.8 Å². The first-order valence-corrected chi connectivity index (χ1v) is 12.0. The maximum Gasteiger partial charge on any atom is 0.240 e. The standard InChI is InChI=1S/C25H41N3O5/c1-17(2)22(28-14-18(3)33-19(4)15-28)25(29)27-12-10-26(11-13-27)16-20-8-9-21(30-5)24(32-7)23(20)31-6/h8-9,17-19,22H,10-16H2,1-7H3. The van der Waals surface area contributed by atoms with Crippen LogP contribution in [0.1, 0.15) is 33.3 Å². The molecule has 2 aliphatic heterocycles. The second-order valence-electron chi connectivity index (χ2n) is 9.49. The van der Waals surface area contributed by atoms with Gasteiger partial charge in [-0.15, -0.1) is 0 Å². The summed E-state index contributed by atoms with van der Waals surface area (Å²) in [6.07, 6.45) is 0.298. The van der Waals surface area contributed by atoms with Crippen LogP contribution in [-0.4, -0.2) is 99.5 Å². The fourth-order valence-electron chi connectivity index (χ4n) is 5.15. The molecule has 3 rings (SSSR count). The molecule has 0 aromatic heterocycles. The van der Waals surface area contributed by atoms with E-state index >= 15 is 0 Å². The zero-order valence-corrected chi connectivity index (χ0v) is 21.3. The highest BCUT2D eigenvalue weighted by molar-refractivity contribution is 5.82. The Morgan fingerprint density at radius 3 is 2.09 bits per heavy atom. The predicted molar refractivity (Wildman–Crippen MR) is 128 cm³/mol. The minimum atomic E-state index is -0.101. The lowest BCUT2D eigenvalue weighted by Crippen LogP contribution is -2.60. The molecule has 186 valence electrons. The highest BCUT2D eigenvalue weighted by Crippen LogP contribution is 2.40. The molecular formula is C25H41N3O5. The van der Waals surface area contributed by atoms with Gasteiger partial charge in [-0.05, 0) is 25.8 Å². The number of ether oxygens (including phenoxy) is 4. The van der Waals surface area contributed by atoms with Crippen molar-refractivity contribution in [3.8, 4) is 17.2 Å². The Hall–Kier alpha value is -2.03. The number of hydrogen-bond donors (Lipinski definition) is 0. The second kappa shape index (κ2) is 11.4. The number of hydrogen-bond acceptors (Lipinski definition) is 7. The Kier molecular flexibility index (Phi) is 8.84. The summed E-state index contributed by atoms with van der Waals surface area (Å²) in [5.74, 6) is 2.46. The Bertz CT molecular complexity index is 784. The third-order valence-electron chi connectivity index (χ3n) is 6.59. The van der Waals surface area contributed by atoms with Crippen LogP contribution in [0.25, 0.3) is 0 Å². The zero-order valence-electron chi connectivity index (χ0n) is 21.3. The molecule has 2 aliphatic rings. The van der Waals surface area contributed by atoms with E-state index in [0.29, 0.717) is 17.2 Å². The second-order valence-corrected chi connectivity index (χ2v) is 9.49. The minimum Gasteiger partial charge on any atom is -0.493 e. The molecule has 8 nitrogen and oxygen atoms in total. The van der Waals surface area contributed by atoms with Crippen molar-refractivity contribution >= 4 is 5.91 Å². The van der Waals surface area contributed by atoms with E-state index in [1.807, 2.05) is 17.0 Å². The molecule has 2 heterocycles. The summed E-state index contributed by atoms with van der Waals surface area (Å²) in [5, 5.41) is 0. The summed E-state index contributed by atoms with van der Waals surface area (Å²) in [6, 6.07) is 3.83. The monoisotopic (exact) mass is 463 g/mol. The van der Waals surface area contributed by atoms with Crippen molar-refractivity contribution in [2.24, 2.45) is 5.92 Å². The van der Waals surface area contributed by atoms with E-state index in [1.54, 1.807) is 21.3 Å². The number of rotatable bonds is 8. The molecule has 0 spiro atoms. The van der Waals surface area contributed by atoms with Gasteiger partial charge in [0.15, 0.2) is 11.5 Å². The van der Waals surface area contributed by atoms with Gasteiger partial charge in [-0.2, -0.15) is 0 Å². The SMILES string of the molecule is COc1ccc(CN2CCN(C(=O)C(C(C)C)N3CC(C)OC(C)C3)CC2)c(OC)c1OC. The summed E-state index contributed by atoms with van der Waals surface area (Å²) in [5.41, 5.74) is 1.05. The van der Waals surface area contributed by atoms with E-state index in [2.05, 4.69) is 37.5 Å². The van der Waals surface area contributed by atoms with Gasteiger partial charge in [-0.3, -0.25) is 14.6 Å². The summed E-state index contributed by atoms with van der Waals surface area (Å²) in [7, 11) is 4.89. The lowest BCUT2D eigenvalue weighted by Gasteiger charge is -2.44. The molecule has 0 N–H and O–H groups in total. The molecule has 0 bridgehead atoms. The Balaban J connectivity index is 1.64. The van der Waals surface area contributed by atoms with Crippen LogP contribution >= 0.6 is 0 Å². The molecule has 3 atom stereocenters. The van der Waals surface area contributed by atoms with Gasteiger partial charge in [0, 0.05) is 51.4 Å². The first-order chi connectivity index (χ1) is 15.8. The van der Waals surface area contributed by atoms with Gasteiger partial charge in [-0.25, -0.2) is 0 Å². The number of carbonyl (C=O) groups excluding carboxylic acids is 1. The van der Waals surface area contributed by atoms with Crippen molar-refractivity contribution in [3.63, 3.8) is 0 Å². The highest BCUT2D eigenvalue weighted by Gasteiger charge is 2.37. The van der Waals surface area contributed by atoms with Gasteiger partial charge in [-0.1, -0.05) is 19.9 Å². The van der Waals surface area contributed by atoms with Crippen molar-refractivity contribution in [1.82, 2.24) is 14.7 Å². The van der Waals surface area contributed by atoms with E-state index < -0.39 is 0 Å². The topological polar surface area (TPSA) is 63.7 Å². The number of methoxy groups -OCH3 is 3. The van der Waals surface area contributed by atoms with Crippen molar-refractivity contribution in [2.45, 2.75) is 52.5 Å². The average molecular weight is 464 g/mol. The molecule has 2 fully saturated rings. The Labute approximate surface area is 198 Å². The smallest absolute Gasteiger partial charge is 0.240 e. The van der Waals surface area contributed by atoms with Crippen LogP contribution in [0.3, 0.4) is 0 Å². The Morgan fingerprint density at radius 2 is 1.58 bits per heavy atom. The lowest BCUT2D eigenvalue weighted by molar-refractivity contribution is -0.147. The number of benzene rings is 1. The first-order valence-electron chi connectivity index (χ1n) is 12.0. The maximum absolute atomic E-state index is 13.5. The molecule has 0 radical (unpaired) electrons. The average Bonchev–Trinajstić information content (AvgIpc) is 2.78. The van der Waals surface area contributed by atoms with Crippen LogP contribution in [0.5, 0.6) is 17.2 Å². The van der Waals surface area contributed by atoms with Crippen LogP contribution in [0, 0.1) is 5.92 Å². The van der Waals surface area contributed by atoms with E-state index in [-0.39, 0.29) is 30.1 Å². The van der Waals surface area contributed by atoms with Crippen LogP contribution in [-0.2, 0) is 16.1 Å². The van der Waals surface area contributed by atoms with Crippen LogP contribution < -0.4 is 14.2 Å². The minimum absolute atomic E-state index is 0.101. The number of amides is 1. The Morgan fingerprint density at radius 1 is 0.970 bits per heavy atom. The van der Waals surface area contributed by atoms with E-state index in [0.717, 1.165) is 51.4 Å². The van der Waals surface area contributed by atoms with E-state index in [1.165, 1.54) is 0 Å². The number of carbonyl (C=O) groups is 1. The molecule has 0 aliphatic carbocycles. The molecule has 3 unspecified atom stereocenters. The summed E-state index contributed by atoms with van der Waals surface area (Å²) in [4.78, 5) is 20.3. The third kappa shape index (κ3) is 5.91. The summed E-state index contributed by atoms with van der Waals surface area (Å²) in [6.45, 7) is 13.9. The largest absolute Gasteiger partial charge is 0.493 e. The predicted octanol–water partition coefficient (Wildman–Crippen LogP) is 2.49. The maximum atomic E-state index is 13.5. The van der Waals surface area contributed by atoms with Gasteiger partial charge in [0.25, 0.3) is 0 Å². The van der Waals surface area contributed by atoms with E-state index in [4.69, 9.17) is 18.9 Å². The van der Waals surface area contributed by atoms with Crippen molar-refractivity contribution in [3.05, 3.63) is 17.7 Å². The number of morpholine rings is 1. The first kappa shape index (κ1) is 25.6. The molecule has 1 aromatic rings. The highest BCUT2D eigenvalue weighted by atomic mass is 16.5. The molecule has 2 saturated heterocycles. The van der Waals surface area contributed by atoms with Crippen LogP contribution in [0.4, 0.5) is 0 Å². The molecular weight excluding hydrogens is 422 g/mol. The summed E-state index contributed by atoms with van der Waals surface area (Å²) < 4.78 is 22.5. The normalized spacial score (nSPS) is 23.5. The third-order valence-corrected chi connectivity index (χ3v) is 6.59. The van der Waals surface area contributed by atoms with E-state index in [9.17, 15) is 4.79 Å². The molecule has 8 heteroatoms. The molecule has 0 saturated carbocycles. The fourth-order valence-corrected chi connectivity index (χ4v) is 5.15. The van der Waals surface area contributed by atoms with Crippen LogP contribution in [0.2, 0.25) is 0 Å². The lowest BCUT2D eigenvalue weighted by atomic mass is 9.98. The van der Waals surface area contributed by atoms with Crippen LogP contribution in [0.15, 0.2) is 12.1 Å². The van der Waals surface area contributed by atoms with Crippen molar-refractivity contribution in [2.75, 3.05) is 60.6 Å². The van der Waals surface area contributed by atoms with Gasteiger partial charge in [0.2, 0.25) is 11.7 Å². The quantitative estimate of drug-likeness (QED) is 0.587. The van der Waals surface area contributed by atoms with Gasteiger partial charge in [0.05, 0.1) is 39.6 Å². The zero-order chi connectivity index (χ0) is 24.1. The van der Waals surface area contributed by atoms with Crippen molar-refractivity contribution in [1.29, 1.82) is 0 Å². The van der Waals surface area contributed by atoms with Crippen molar-refractivity contribution < 1.29 is 23.7 Å². The molecule has 1 aromatic carbocycles.